The molecule has 2 rings (SSSR count). The van der Waals surface area contributed by atoms with Gasteiger partial charge < -0.3 is 18.9 Å². The van der Waals surface area contributed by atoms with Crippen molar-refractivity contribution in [3.8, 4) is 0 Å². The Labute approximate surface area is 134 Å². The van der Waals surface area contributed by atoms with Gasteiger partial charge in [-0.2, -0.15) is 0 Å². The lowest BCUT2D eigenvalue weighted by atomic mass is 9.58. The molecule has 1 atom stereocenters. The van der Waals surface area contributed by atoms with Gasteiger partial charge in [-0.3, -0.25) is 0 Å². The topological polar surface area (TPSA) is 48.0 Å². The standard InChI is InChI=1S/C16H30BNO4/c1-13(2,3)20-12(19)18-10-9-16(8,11-18)17-21-14(4,5)15(6,7)22-17/h9-11H2,1-8H3. The SMILES string of the molecule is CC(C)(C)OC(=O)N1CCC(C)(B2OC(C)(C)C(C)(C)O2)C1. The maximum atomic E-state index is 12.2. The fourth-order valence-corrected chi connectivity index (χ4v) is 2.79. The number of carbonyl (C=O) groups excluding carboxylic acids is 1. The van der Waals surface area contributed by atoms with Crippen LogP contribution in [0.3, 0.4) is 0 Å². The van der Waals surface area contributed by atoms with Gasteiger partial charge in [0.2, 0.25) is 0 Å². The van der Waals surface area contributed by atoms with Crippen LogP contribution in [0.2, 0.25) is 5.31 Å². The van der Waals surface area contributed by atoms with Gasteiger partial charge in [0.05, 0.1) is 11.2 Å². The van der Waals surface area contributed by atoms with E-state index < -0.39 is 5.60 Å². The summed E-state index contributed by atoms with van der Waals surface area (Å²) in [5.41, 5.74) is -1.17. The van der Waals surface area contributed by atoms with Crippen molar-refractivity contribution in [3.05, 3.63) is 0 Å². The highest BCUT2D eigenvalue weighted by Crippen LogP contribution is 2.49. The van der Waals surface area contributed by atoms with Gasteiger partial charge in [-0.15, -0.1) is 0 Å². The molecule has 0 aromatic heterocycles. The van der Waals surface area contributed by atoms with E-state index in [-0.39, 0.29) is 29.7 Å². The van der Waals surface area contributed by atoms with E-state index in [4.69, 9.17) is 14.0 Å². The molecule has 0 N–H and O–H groups in total. The molecule has 22 heavy (non-hydrogen) atoms. The van der Waals surface area contributed by atoms with Crippen LogP contribution in [0.25, 0.3) is 0 Å². The molecule has 0 aliphatic carbocycles. The quantitative estimate of drug-likeness (QED) is 0.696. The first kappa shape index (κ1) is 17.6. The Morgan fingerprint density at radius 1 is 1.09 bits per heavy atom. The van der Waals surface area contributed by atoms with Gasteiger partial charge in [-0.25, -0.2) is 4.79 Å². The molecule has 0 aromatic rings. The summed E-state index contributed by atoms with van der Waals surface area (Å²) in [7, 11) is -0.301. The van der Waals surface area contributed by atoms with Crippen molar-refractivity contribution in [2.24, 2.45) is 0 Å². The van der Waals surface area contributed by atoms with Crippen LogP contribution >= 0.6 is 0 Å². The lowest BCUT2D eigenvalue weighted by Gasteiger charge is -2.32. The van der Waals surface area contributed by atoms with E-state index in [9.17, 15) is 4.79 Å². The van der Waals surface area contributed by atoms with Crippen LogP contribution in [0, 0.1) is 0 Å². The van der Waals surface area contributed by atoms with Crippen molar-refractivity contribution >= 4 is 13.2 Å². The average molecular weight is 311 g/mol. The smallest absolute Gasteiger partial charge is 0.444 e. The third-order valence-electron chi connectivity index (χ3n) is 4.98. The van der Waals surface area contributed by atoms with Crippen molar-refractivity contribution in [2.45, 2.75) is 83.9 Å². The van der Waals surface area contributed by atoms with Crippen molar-refractivity contribution in [2.75, 3.05) is 13.1 Å². The van der Waals surface area contributed by atoms with Gasteiger partial charge in [0.1, 0.15) is 5.60 Å². The largest absolute Gasteiger partial charge is 0.466 e. The Bertz CT molecular complexity index is 442. The zero-order valence-corrected chi connectivity index (χ0v) is 15.3. The maximum Gasteiger partial charge on any atom is 0.466 e. The highest BCUT2D eigenvalue weighted by Gasteiger charge is 2.59. The van der Waals surface area contributed by atoms with E-state index in [2.05, 4.69) is 34.6 Å². The number of carbonyl (C=O) groups is 1. The van der Waals surface area contributed by atoms with Gasteiger partial charge in [-0.1, -0.05) is 6.92 Å². The molecule has 0 spiro atoms. The minimum absolute atomic E-state index is 0.206. The van der Waals surface area contributed by atoms with Crippen LogP contribution in [0.4, 0.5) is 4.79 Å². The molecule has 1 amide bonds. The lowest BCUT2D eigenvalue weighted by Crippen LogP contribution is -2.41. The van der Waals surface area contributed by atoms with E-state index in [1.807, 2.05) is 20.8 Å². The Hall–Kier alpha value is -0.745. The van der Waals surface area contributed by atoms with Gasteiger partial charge in [0, 0.05) is 18.4 Å². The third-order valence-corrected chi connectivity index (χ3v) is 4.98. The van der Waals surface area contributed by atoms with E-state index in [1.54, 1.807) is 4.90 Å². The first-order valence-corrected chi connectivity index (χ1v) is 8.09. The summed E-state index contributed by atoms with van der Waals surface area (Å²) in [5.74, 6) is 0. The highest BCUT2D eigenvalue weighted by molar-refractivity contribution is 6.49. The number of nitrogens with zero attached hydrogens (tertiary/aromatic N) is 1. The first-order valence-electron chi connectivity index (χ1n) is 8.09. The molecular formula is C16H30BNO4. The molecule has 1 unspecified atom stereocenters. The van der Waals surface area contributed by atoms with Crippen LogP contribution in [0.5, 0.6) is 0 Å². The summed E-state index contributed by atoms with van der Waals surface area (Å²) < 4.78 is 17.8. The minimum atomic E-state index is -0.472. The third kappa shape index (κ3) is 3.28. The maximum absolute atomic E-state index is 12.2. The predicted octanol–water partition coefficient (Wildman–Crippen LogP) is 3.48. The normalized spacial score (nSPS) is 30.7. The molecular weight excluding hydrogens is 281 g/mol. The molecule has 6 heteroatoms. The second-order valence-corrected chi connectivity index (χ2v) is 8.89. The number of hydrogen-bond acceptors (Lipinski definition) is 4. The van der Waals surface area contributed by atoms with Crippen LogP contribution in [0.1, 0.15) is 61.8 Å². The molecule has 2 aliphatic rings. The number of amides is 1. The Morgan fingerprint density at radius 2 is 1.59 bits per heavy atom. The molecule has 0 aromatic carbocycles. The monoisotopic (exact) mass is 311 g/mol. The number of likely N-dealkylation sites (tertiary alicyclic amines) is 1. The molecule has 2 saturated heterocycles. The van der Waals surface area contributed by atoms with E-state index in [0.717, 1.165) is 6.42 Å². The average Bonchev–Trinajstić information content (AvgIpc) is 2.78. The number of hydrogen-bond donors (Lipinski definition) is 0. The van der Waals surface area contributed by atoms with Crippen LogP contribution in [-0.2, 0) is 14.0 Å². The molecule has 5 nitrogen and oxygen atoms in total. The summed E-state index contributed by atoms with van der Waals surface area (Å²) in [5, 5.41) is -0.206. The summed E-state index contributed by atoms with van der Waals surface area (Å²) in [6.07, 6.45) is 0.594. The summed E-state index contributed by atoms with van der Waals surface area (Å²) >= 11 is 0. The predicted molar refractivity (Wildman–Crippen MR) is 86.9 cm³/mol. The Kier molecular flexibility index (Phi) is 4.11. The Balaban J connectivity index is 2.04. The molecule has 2 aliphatic heterocycles. The molecule has 126 valence electrons. The fourth-order valence-electron chi connectivity index (χ4n) is 2.79. The van der Waals surface area contributed by atoms with Crippen molar-refractivity contribution in [3.63, 3.8) is 0 Å². The molecule has 0 saturated carbocycles. The molecule has 2 fully saturated rings. The minimum Gasteiger partial charge on any atom is -0.444 e. The van der Waals surface area contributed by atoms with E-state index >= 15 is 0 Å². The van der Waals surface area contributed by atoms with Crippen LogP contribution < -0.4 is 0 Å². The van der Waals surface area contributed by atoms with Crippen LogP contribution in [0.15, 0.2) is 0 Å². The number of ether oxygens (including phenoxy) is 1. The summed E-state index contributed by atoms with van der Waals surface area (Å²) in [6.45, 7) is 17.3. The second-order valence-electron chi connectivity index (χ2n) is 8.89. The van der Waals surface area contributed by atoms with Crippen LogP contribution in [-0.4, -0.2) is 48.0 Å². The van der Waals surface area contributed by atoms with Gasteiger partial charge >= 0.3 is 13.2 Å². The van der Waals surface area contributed by atoms with Gasteiger partial charge in [-0.05, 0) is 54.9 Å². The molecule has 0 radical (unpaired) electrons. The van der Waals surface area contributed by atoms with E-state index in [0.29, 0.717) is 13.1 Å². The lowest BCUT2D eigenvalue weighted by molar-refractivity contribution is 0.00578. The first-order chi connectivity index (χ1) is 9.76. The zero-order chi connectivity index (χ0) is 17.0. The highest BCUT2D eigenvalue weighted by atomic mass is 16.7. The Morgan fingerprint density at radius 3 is 2.05 bits per heavy atom. The second kappa shape index (κ2) is 5.13. The van der Waals surface area contributed by atoms with E-state index in [1.165, 1.54) is 0 Å². The fraction of sp³-hybridized carbons (Fsp3) is 0.938. The van der Waals surface area contributed by atoms with Gasteiger partial charge in [0.15, 0.2) is 0 Å². The molecule has 0 bridgehead atoms. The summed E-state index contributed by atoms with van der Waals surface area (Å²) in [6, 6.07) is 0. The van der Waals surface area contributed by atoms with Crippen molar-refractivity contribution in [1.82, 2.24) is 4.90 Å². The summed E-state index contributed by atoms with van der Waals surface area (Å²) in [4.78, 5) is 14.0. The van der Waals surface area contributed by atoms with Gasteiger partial charge in [0.25, 0.3) is 0 Å². The zero-order valence-electron chi connectivity index (χ0n) is 15.3. The number of rotatable bonds is 1. The van der Waals surface area contributed by atoms with Crippen molar-refractivity contribution < 1.29 is 18.8 Å². The van der Waals surface area contributed by atoms with Crippen molar-refractivity contribution in [1.29, 1.82) is 0 Å². The molecule has 2 heterocycles.